The van der Waals surface area contributed by atoms with Crippen molar-refractivity contribution in [1.29, 1.82) is 0 Å². The predicted octanol–water partition coefficient (Wildman–Crippen LogP) is 2.80. The van der Waals surface area contributed by atoms with E-state index in [1.165, 1.54) is 11.1 Å². The standard InChI is InChI=1S/C12H18N2/c1-4-7-11-9-6-5-8-10(2)12(11)14-13-3/h5-8,13H,4,9H2,1-3H3/b11-7+,14-12-. The summed E-state index contributed by atoms with van der Waals surface area (Å²) >= 11 is 0. The molecule has 0 aromatic rings. The Kier molecular flexibility index (Phi) is 4.17. The molecule has 0 spiro atoms. The molecule has 0 amide bonds. The van der Waals surface area contributed by atoms with Crippen LogP contribution in [0.2, 0.25) is 0 Å². The Hall–Kier alpha value is -1.31. The van der Waals surface area contributed by atoms with Gasteiger partial charge in [-0.1, -0.05) is 31.2 Å². The molecule has 0 aromatic heterocycles. The molecule has 0 aromatic carbocycles. The minimum atomic E-state index is 0.974. The molecule has 2 heteroatoms. The number of nitrogens with zero attached hydrogens (tertiary/aromatic N) is 1. The van der Waals surface area contributed by atoms with Crippen LogP contribution in [0.25, 0.3) is 0 Å². The number of rotatable bonds is 2. The lowest BCUT2D eigenvalue weighted by Crippen LogP contribution is -2.09. The molecule has 2 nitrogen and oxygen atoms in total. The lowest BCUT2D eigenvalue weighted by molar-refractivity contribution is 0.898. The highest BCUT2D eigenvalue weighted by molar-refractivity contribution is 6.12. The lowest BCUT2D eigenvalue weighted by Gasteiger charge is -2.07. The van der Waals surface area contributed by atoms with Crippen molar-refractivity contribution >= 4 is 5.71 Å². The van der Waals surface area contributed by atoms with E-state index in [0.29, 0.717) is 0 Å². The molecule has 0 heterocycles. The van der Waals surface area contributed by atoms with Gasteiger partial charge in [0.15, 0.2) is 0 Å². The van der Waals surface area contributed by atoms with Crippen molar-refractivity contribution in [1.82, 2.24) is 5.43 Å². The second kappa shape index (κ2) is 5.43. The van der Waals surface area contributed by atoms with Crippen molar-refractivity contribution < 1.29 is 0 Å². The number of allylic oxidation sites excluding steroid dienone is 6. The topological polar surface area (TPSA) is 24.4 Å². The molecule has 1 aliphatic carbocycles. The highest BCUT2D eigenvalue weighted by Crippen LogP contribution is 2.16. The molecule has 0 aliphatic heterocycles. The van der Waals surface area contributed by atoms with E-state index < -0.39 is 0 Å². The van der Waals surface area contributed by atoms with Crippen molar-refractivity contribution in [3.63, 3.8) is 0 Å². The second-order valence-electron chi connectivity index (χ2n) is 3.30. The quantitative estimate of drug-likeness (QED) is 0.665. The maximum absolute atomic E-state index is 4.31. The average Bonchev–Trinajstić information content (AvgIpc) is 2.33. The van der Waals surface area contributed by atoms with E-state index in [-0.39, 0.29) is 0 Å². The predicted molar refractivity (Wildman–Crippen MR) is 62.4 cm³/mol. The van der Waals surface area contributed by atoms with Crippen LogP contribution in [0.1, 0.15) is 26.7 Å². The minimum Gasteiger partial charge on any atom is -0.313 e. The van der Waals surface area contributed by atoms with Crippen LogP contribution in [0.4, 0.5) is 0 Å². The van der Waals surface area contributed by atoms with Crippen molar-refractivity contribution in [3.8, 4) is 0 Å². The Bertz CT molecular complexity index is 306. The van der Waals surface area contributed by atoms with Crippen LogP contribution in [0, 0.1) is 0 Å². The molecule has 1 rings (SSSR count). The van der Waals surface area contributed by atoms with Crippen molar-refractivity contribution in [3.05, 3.63) is 35.5 Å². The molecule has 0 fully saturated rings. The summed E-state index contributed by atoms with van der Waals surface area (Å²) in [5, 5.41) is 4.31. The van der Waals surface area contributed by atoms with Crippen LogP contribution >= 0.6 is 0 Å². The molecule has 0 saturated heterocycles. The van der Waals surface area contributed by atoms with Crippen LogP contribution < -0.4 is 5.43 Å². The molecule has 76 valence electrons. The van der Waals surface area contributed by atoms with E-state index in [4.69, 9.17) is 0 Å². The van der Waals surface area contributed by atoms with Crippen LogP contribution in [-0.4, -0.2) is 12.8 Å². The Morgan fingerprint density at radius 3 is 3.00 bits per heavy atom. The zero-order valence-corrected chi connectivity index (χ0v) is 9.17. The zero-order chi connectivity index (χ0) is 10.4. The summed E-state index contributed by atoms with van der Waals surface area (Å²) in [6.07, 6.45) is 10.6. The average molecular weight is 190 g/mol. The normalized spacial score (nSPS) is 22.4. The molecule has 1 aliphatic rings. The third kappa shape index (κ3) is 2.59. The first-order valence-corrected chi connectivity index (χ1v) is 5.07. The summed E-state index contributed by atoms with van der Waals surface area (Å²) in [5.41, 5.74) is 6.47. The van der Waals surface area contributed by atoms with E-state index in [9.17, 15) is 0 Å². The van der Waals surface area contributed by atoms with Gasteiger partial charge in [-0.2, -0.15) is 5.10 Å². The Morgan fingerprint density at radius 1 is 1.57 bits per heavy atom. The number of nitrogens with one attached hydrogen (secondary N) is 1. The zero-order valence-electron chi connectivity index (χ0n) is 9.17. The van der Waals surface area contributed by atoms with Crippen molar-refractivity contribution in [2.45, 2.75) is 26.7 Å². The van der Waals surface area contributed by atoms with Crippen LogP contribution in [-0.2, 0) is 0 Å². The Labute approximate surface area is 86.1 Å². The number of hydrazone groups is 1. The molecular formula is C12H18N2. The van der Waals surface area contributed by atoms with E-state index in [0.717, 1.165) is 18.6 Å². The fraction of sp³-hybridized carbons (Fsp3) is 0.417. The van der Waals surface area contributed by atoms with E-state index in [1.54, 1.807) is 0 Å². The fourth-order valence-electron chi connectivity index (χ4n) is 1.53. The maximum Gasteiger partial charge on any atom is 0.0890 e. The summed E-state index contributed by atoms with van der Waals surface area (Å²) in [7, 11) is 1.84. The highest BCUT2D eigenvalue weighted by Gasteiger charge is 2.09. The summed E-state index contributed by atoms with van der Waals surface area (Å²) in [4.78, 5) is 0. The van der Waals surface area contributed by atoms with Gasteiger partial charge in [-0.3, -0.25) is 0 Å². The summed E-state index contributed by atoms with van der Waals surface area (Å²) < 4.78 is 0. The molecule has 0 bridgehead atoms. The number of hydrogen-bond donors (Lipinski definition) is 1. The number of hydrogen-bond acceptors (Lipinski definition) is 2. The third-order valence-electron chi connectivity index (χ3n) is 2.17. The van der Waals surface area contributed by atoms with Gasteiger partial charge in [0.25, 0.3) is 0 Å². The first-order chi connectivity index (χ1) is 6.79. The second-order valence-corrected chi connectivity index (χ2v) is 3.30. The van der Waals surface area contributed by atoms with Crippen LogP contribution in [0.5, 0.6) is 0 Å². The fourth-order valence-corrected chi connectivity index (χ4v) is 1.53. The van der Waals surface area contributed by atoms with E-state index in [2.05, 4.69) is 48.7 Å². The monoisotopic (exact) mass is 190 g/mol. The van der Waals surface area contributed by atoms with Crippen molar-refractivity contribution in [2.24, 2.45) is 5.10 Å². The van der Waals surface area contributed by atoms with Gasteiger partial charge in [0.2, 0.25) is 0 Å². The molecule has 0 saturated carbocycles. The summed E-state index contributed by atoms with van der Waals surface area (Å²) in [5.74, 6) is 0. The van der Waals surface area contributed by atoms with Gasteiger partial charge in [0.05, 0.1) is 5.71 Å². The maximum atomic E-state index is 4.31. The van der Waals surface area contributed by atoms with Gasteiger partial charge in [-0.05, 0) is 30.9 Å². The molecule has 1 N–H and O–H groups in total. The van der Waals surface area contributed by atoms with Crippen LogP contribution in [0.15, 0.2) is 40.6 Å². The largest absolute Gasteiger partial charge is 0.313 e. The Balaban J connectivity index is 3.04. The van der Waals surface area contributed by atoms with Gasteiger partial charge >= 0.3 is 0 Å². The SMILES string of the molecule is CC/C=C1\CC=CC=C(C)\C1=N\NC. The van der Waals surface area contributed by atoms with E-state index >= 15 is 0 Å². The summed E-state index contributed by atoms with van der Waals surface area (Å²) in [6.45, 7) is 4.24. The van der Waals surface area contributed by atoms with Gasteiger partial charge in [-0.25, -0.2) is 0 Å². The van der Waals surface area contributed by atoms with E-state index in [1.807, 2.05) is 7.05 Å². The Morgan fingerprint density at radius 2 is 2.36 bits per heavy atom. The smallest absolute Gasteiger partial charge is 0.0890 e. The van der Waals surface area contributed by atoms with Gasteiger partial charge in [0, 0.05) is 7.05 Å². The van der Waals surface area contributed by atoms with Crippen molar-refractivity contribution in [2.75, 3.05) is 7.05 Å². The highest BCUT2D eigenvalue weighted by atomic mass is 15.3. The third-order valence-corrected chi connectivity index (χ3v) is 2.17. The minimum absolute atomic E-state index is 0.974. The first kappa shape index (κ1) is 10.8. The molecular weight excluding hydrogens is 172 g/mol. The summed E-state index contributed by atoms with van der Waals surface area (Å²) in [6, 6.07) is 0. The molecule has 0 unspecified atom stereocenters. The molecule has 0 atom stereocenters. The lowest BCUT2D eigenvalue weighted by atomic mass is 10.0. The van der Waals surface area contributed by atoms with Gasteiger partial charge < -0.3 is 5.43 Å². The van der Waals surface area contributed by atoms with Crippen LogP contribution in [0.3, 0.4) is 0 Å². The van der Waals surface area contributed by atoms with Gasteiger partial charge in [-0.15, -0.1) is 0 Å². The first-order valence-electron chi connectivity index (χ1n) is 5.07. The molecule has 14 heavy (non-hydrogen) atoms. The molecule has 0 radical (unpaired) electrons. The van der Waals surface area contributed by atoms with Gasteiger partial charge in [0.1, 0.15) is 0 Å².